The van der Waals surface area contributed by atoms with E-state index in [1.54, 1.807) is 24.9 Å². The summed E-state index contributed by atoms with van der Waals surface area (Å²) in [5.74, 6) is 0. The van der Waals surface area contributed by atoms with Crippen LogP contribution in [-0.4, -0.2) is 24.9 Å². The number of rotatable bonds is 5. The number of benzene rings is 2. The van der Waals surface area contributed by atoms with Gasteiger partial charge in [-0.3, -0.25) is 4.98 Å². The number of nitrogens with zero attached hydrogens (tertiary/aromatic N) is 6. The molecule has 5 rings (SSSR count). The number of hydrogen-bond donors (Lipinski definition) is 0. The number of hydrogen-bond acceptors (Lipinski definition) is 5. The first-order chi connectivity index (χ1) is 16.2. The Bertz CT molecular complexity index is 1450. The maximum atomic E-state index is 6.10. The molecule has 0 amide bonds. The number of thiazole rings is 1. The third-order valence-electron chi connectivity index (χ3n) is 5.03. The fourth-order valence-electron chi connectivity index (χ4n) is 3.32. The summed E-state index contributed by atoms with van der Waals surface area (Å²) in [5, 5.41) is 7.70. The van der Waals surface area contributed by atoms with Crippen molar-refractivity contribution in [2.75, 3.05) is 0 Å². The van der Waals surface area contributed by atoms with Crippen molar-refractivity contribution in [2.45, 2.75) is 6.92 Å². The first-order valence-electron chi connectivity index (χ1n) is 10.2. The van der Waals surface area contributed by atoms with Gasteiger partial charge in [-0.15, -0.1) is 11.3 Å². The van der Waals surface area contributed by atoms with Gasteiger partial charge in [0.2, 0.25) is 4.80 Å². The van der Waals surface area contributed by atoms with Crippen LogP contribution in [0.4, 0.5) is 5.69 Å². The Balaban J connectivity index is 1.59. The molecule has 6 nitrogen and oxygen atoms in total. The van der Waals surface area contributed by atoms with E-state index in [4.69, 9.17) is 21.7 Å². The number of halogens is 1. The van der Waals surface area contributed by atoms with Gasteiger partial charge in [0, 0.05) is 40.2 Å². The van der Waals surface area contributed by atoms with Crippen molar-refractivity contribution in [3.05, 3.63) is 113 Å². The number of imidazole rings is 1. The van der Waals surface area contributed by atoms with Crippen LogP contribution in [0.3, 0.4) is 0 Å². The first kappa shape index (κ1) is 21.1. The quantitative estimate of drug-likeness (QED) is 0.298. The van der Waals surface area contributed by atoms with Gasteiger partial charge in [-0.2, -0.15) is 5.10 Å². The highest BCUT2D eigenvalue weighted by Gasteiger charge is 2.10. The predicted molar refractivity (Wildman–Crippen MR) is 133 cm³/mol. The molecule has 0 aliphatic rings. The van der Waals surface area contributed by atoms with E-state index in [1.165, 1.54) is 11.3 Å². The fourth-order valence-corrected chi connectivity index (χ4v) is 4.29. The lowest BCUT2D eigenvalue weighted by atomic mass is 10.1. The zero-order chi connectivity index (χ0) is 22.6. The van der Waals surface area contributed by atoms with Crippen molar-refractivity contribution in [2.24, 2.45) is 10.1 Å². The Hall–Kier alpha value is -3.81. The highest BCUT2D eigenvalue weighted by molar-refractivity contribution is 7.07. The molecule has 0 aliphatic heterocycles. The van der Waals surface area contributed by atoms with E-state index < -0.39 is 0 Å². The van der Waals surface area contributed by atoms with E-state index in [1.807, 2.05) is 58.8 Å². The van der Waals surface area contributed by atoms with Crippen LogP contribution >= 0.6 is 22.9 Å². The molecule has 0 N–H and O–H groups in total. The minimum Gasteiger partial charge on any atom is -0.306 e. The molecule has 3 aromatic heterocycles. The Kier molecular flexibility index (Phi) is 5.97. The van der Waals surface area contributed by atoms with Crippen molar-refractivity contribution in [1.82, 2.24) is 19.2 Å². The Morgan fingerprint density at radius 3 is 2.48 bits per heavy atom. The highest BCUT2D eigenvalue weighted by Crippen LogP contribution is 2.23. The molecule has 0 atom stereocenters. The molecule has 3 heterocycles. The zero-order valence-electron chi connectivity index (χ0n) is 17.7. The molecule has 5 aromatic rings. The molecular formula is C25H19ClN6S. The molecule has 162 valence electrons. The maximum Gasteiger partial charge on any atom is 0.211 e. The molecule has 0 aliphatic carbocycles. The molecular weight excluding hydrogens is 452 g/mol. The lowest BCUT2D eigenvalue weighted by Gasteiger charge is -2.08. The van der Waals surface area contributed by atoms with E-state index in [2.05, 4.69) is 39.6 Å². The first-order valence-corrected chi connectivity index (χ1v) is 11.5. The summed E-state index contributed by atoms with van der Waals surface area (Å²) < 4.78 is 3.84. The lowest BCUT2D eigenvalue weighted by molar-refractivity contribution is 0.847. The molecule has 8 heteroatoms. The van der Waals surface area contributed by atoms with Gasteiger partial charge in [0.1, 0.15) is 0 Å². The predicted octanol–water partition coefficient (Wildman–Crippen LogP) is 5.96. The van der Waals surface area contributed by atoms with E-state index in [-0.39, 0.29) is 0 Å². The highest BCUT2D eigenvalue weighted by atomic mass is 35.5. The number of aromatic nitrogens is 4. The second-order valence-electron chi connectivity index (χ2n) is 7.25. The molecule has 0 bridgehead atoms. The van der Waals surface area contributed by atoms with Crippen LogP contribution in [-0.2, 0) is 0 Å². The standard InChI is InChI=1S/C25H19ClN6S/c1-18(19-6-10-23(11-7-19)31-14-13-28-17-31)30-32-24(20-4-8-21(26)9-5-20)16-33-25(32)29-22-3-2-12-27-15-22/h2-17H,1H3. The van der Waals surface area contributed by atoms with Crippen LogP contribution in [0.2, 0.25) is 5.02 Å². The summed E-state index contributed by atoms with van der Waals surface area (Å²) in [6.45, 7) is 2.00. The molecule has 33 heavy (non-hydrogen) atoms. The monoisotopic (exact) mass is 470 g/mol. The largest absolute Gasteiger partial charge is 0.306 e. The lowest BCUT2D eigenvalue weighted by Crippen LogP contribution is -2.13. The van der Waals surface area contributed by atoms with Crippen molar-refractivity contribution < 1.29 is 0 Å². The SMILES string of the molecule is CC(=Nn1c(-c2ccc(Cl)cc2)csc1=Nc1cccnc1)c1ccc(-n2ccnc2)cc1. The van der Waals surface area contributed by atoms with E-state index in [9.17, 15) is 0 Å². The van der Waals surface area contributed by atoms with E-state index in [0.717, 1.165) is 38.7 Å². The van der Waals surface area contributed by atoms with Gasteiger partial charge in [0.25, 0.3) is 0 Å². The normalized spacial score (nSPS) is 12.3. The Labute approximate surface area is 199 Å². The second-order valence-corrected chi connectivity index (χ2v) is 8.52. The smallest absolute Gasteiger partial charge is 0.211 e. The zero-order valence-corrected chi connectivity index (χ0v) is 19.3. The molecule has 2 aromatic carbocycles. The van der Waals surface area contributed by atoms with Crippen LogP contribution in [0.15, 0.2) is 107 Å². The Morgan fingerprint density at radius 2 is 1.79 bits per heavy atom. The number of pyridine rings is 1. The van der Waals surface area contributed by atoms with Gasteiger partial charge in [0.05, 0.1) is 29.6 Å². The minimum absolute atomic E-state index is 0.693. The van der Waals surface area contributed by atoms with Crippen LogP contribution < -0.4 is 4.80 Å². The summed E-state index contributed by atoms with van der Waals surface area (Å²) in [6, 6.07) is 19.7. The van der Waals surface area contributed by atoms with Gasteiger partial charge in [-0.1, -0.05) is 35.9 Å². The van der Waals surface area contributed by atoms with Crippen molar-refractivity contribution in [3.63, 3.8) is 0 Å². The average Bonchev–Trinajstić information content (AvgIpc) is 3.52. The second kappa shape index (κ2) is 9.36. The van der Waals surface area contributed by atoms with Crippen LogP contribution in [0.5, 0.6) is 0 Å². The molecule has 0 saturated heterocycles. The van der Waals surface area contributed by atoms with Crippen LogP contribution in [0.1, 0.15) is 12.5 Å². The van der Waals surface area contributed by atoms with Gasteiger partial charge >= 0.3 is 0 Å². The topological polar surface area (TPSA) is 60.4 Å². The minimum atomic E-state index is 0.693. The van der Waals surface area contributed by atoms with Crippen molar-refractivity contribution in [3.8, 4) is 16.9 Å². The fraction of sp³-hybridized carbons (Fsp3) is 0.0400. The summed E-state index contributed by atoms with van der Waals surface area (Å²) in [4.78, 5) is 13.8. The Morgan fingerprint density at radius 1 is 0.970 bits per heavy atom. The van der Waals surface area contributed by atoms with Gasteiger partial charge in [-0.05, 0) is 48.9 Å². The molecule has 0 fully saturated rings. The maximum absolute atomic E-state index is 6.10. The summed E-state index contributed by atoms with van der Waals surface area (Å²) >= 11 is 7.63. The molecule has 0 spiro atoms. The summed E-state index contributed by atoms with van der Waals surface area (Å²) in [5.41, 5.74) is 5.65. The third-order valence-corrected chi connectivity index (χ3v) is 6.10. The molecule has 0 saturated carbocycles. The molecule has 0 unspecified atom stereocenters. The average molecular weight is 471 g/mol. The van der Waals surface area contributed by atoms with Crippen molar-refractivity contribution >= 4 is 34.3 Å². The van der Waals surface area contributed by atoms with Gasteiger partial charge < -0.3 is 4.57 Å². The van der Waals surface area contributed by atoms with Crippen LogP contribution in [0.25, 0.3) is 16.9 Å². The van der Waals surface area contributed by atoms with Crippen LogP contribution in [0, 0.1) is 0 Å². The van der Waals surface area contributed by atoms with Crippen molar-refractivity contribution in [1.29, 1.82) is 0 Å². The third kappa shape index (κ3) is 4.69. The van der Waals surface area contributed by atoms with Gasteiger partial charge in [0.15, 0.2) is 0 Å². The summed E-state index contributed by atoms with van der Waals surface area (Å²) in [7, 11) is 0. The van der Waals surface area contributed by atoms with Gasteiger partial charge in [-0.25, -0.2) is 14.7 Å². The molecule has 0 radical (unpaired) electrons. The summed E-state index contributed by atoms with van der Waals surface area (Å²) in [6.07, 6.45) is 8.93. The van der Waals surface area contributed by atoms with E-state index >= 15 is 0 Å². The van der Waals surface area contributed by atoms with E-state index in [0.29, 0.717) is 5.02 Å².